The van der Waals surface area contributed by atoms with Crippen molar-refractivity contribution < 1.29 is 0 Å². The first-order valence-electron chi connectivity index (χ1n) is 9.46. The molecule has 6 nitrogen and oxygen atoms in total. The van der Waals surface area contributed by atoms with E-state index in [4.69, 9.17) is 9.97 Å². The third-order valence-corrected chi connectivity index (χ3v) is 5.50. The number of hydrogen-bond donors (Lipinski definition) is 0. The van der Waals surface area contributed by atoms with Crippen LogP contribution in [-0.2, 0) is 12.8 Å². The maximum absolute atomic E-state index is 5.00. The molecular formula is C19H24N6. The van der Waals surface area contributed by atoms with Crippen LogP contribution in [0.5, 0.6) is 0 Å². The molecule has 1 saturated carbocycles. The van der Waals surface area contributed by atoms with Gasteiger partial charge < -0.3 is 9.80 Å². The number of nitrogens with zero attached hydrogens (tertiary/aromatic N) is 6. The largest absolute Gasteiger partial charge is 0.353 e. The zero-order valence-corrected chi connectivity index (χ0v) is 14.8. The molecule has 25 heavy (non-hydrogen) atoms. The van der Waals surface area contributed by atoms with Crippen LogP contribution in [0.15, 0.2) is 12.4 Å². The minimum Gasteiger partial charge on any atom is -0.353 e. The zero-order valence-electron chi connectivity index (χ0n) is 14.8. The van der Waals surface area contributed by atoms with Crippen LogP contribution in [-0.4, -0.2) is 46.1 Å². The SMILES string of the molecule is Cc1cnc(N2CCN(c3nc(C4CC4)nc4c3CCC4)CC2)nc1. The molecule has 5 rings (SSSR count). The Morgan fingerprint density at radius 1 is 0.920 bits per heavy atom. The van der Waals surface area contributed by atoms with E-state index in [1.54, 1.807) is 0 Å². The van der Waals surface area contributed by atoms with Crippen LogP contribution >= 0.6 is 0 Å². The second kappa shape index (κ2) is 5.93. The predicted molar refractivity (Wildman–Crippen MR) is 97.2 cm³/mol. The maximum atomic E-state index is 5.00. The second-order valence-electron chi connectivity index (χ2n) is 7.49. The molecule has 0 atom stereocenters. The van der Waals surface area contributed by atoms with Crippen molar-refractivity contribution in [3.05, 3.63) is 35.0 Å². The third-order valence-electron chi connectivity index (χ3n) is 5.50. The first-order valence-corrected chi connectivity index (χ1v) is 9.46. The van der Waals surface area contributed by atoms with Crippen molar-refractivity contribution in [2.45, 2.75) is 44.9 Å². The molecular weight excluding hydrogens is 312 g/mol. The molecule has 130 valence electrons. The molecule has 3 aliphatic rings. The zero-order chi connectivity index (χ0) is 16.8. The van der Waals surface area contributed by atoms with Gasteiger partial charge in [-0.25, -0.2) is 19.9 Å². The molecule has 0 N–H and O–H groups in total. The number of aromatic nitrogens is 4. The van der Waals surface area contributed by atoms with Crippen molar-refractivity contribution in [3.8, 4) is 0 Å². The summed E-state index contributed by atoms with van der Waals surface area (Å²) in [6.07, 6.45) is 9.80. The maximum Gasteiger partial charge on any atom is 0.225 e. The normalized spacial score (nSPS) is 20.0. The predicted octanol–water partition coefficient (Wildman–Crippen LogP) is 2.27. The molecule has 0 spiro atoms. The lowest BCUT2D eigenvalue weighted by molar-refractivity contribution is 0.629. The van der Waals surface area contributed by atoms with Crippen LogP contribution < -0.4 is 9.80 Å². The van der Waals surface area contributed by atoms with E-state index < -0.39 is 0 Å². The number of piperazine rings is 1. The lowest BCUT2D eigenvalue weighted by Gasteiger charge is -2.36. The Hall–Kier alpha value is -2.24. The summed E-state index contributed by atoms with van der Waals surface area (Å²) in [6.45, 7) is 5.87. The van der Waals surface area contributed by atoms with Crippen LogP contribution in [0, 0.1) is 6.92 Å². The molecule has 2 aromatic heterocycles. The molecule has 2 aliphatic carbocycles. The van der Waals surface area contributed by atoms with Crippen LogP contribution in [0.2, 0.25) is 0 Å². The van der Waals surface area contributed by atoms with Gasteiger partial charge in [-0.05, 0) is 44.6 Å². The van der Waals surface area contributed by atoms with Crippen LogP contribution in [0.25, 0.3) is 0 Å². The highest BCUT2D eigenvalue weighted by molar-refractivity contribution is 5.53. The Kier molecular flexibility index (Phi) is 3.57. The number of fused-ring (bicyclic) bond motifs is 1. The van der Waals surface area contributed by atoms with Crippen LogP contribution in [0.3, 0.4) is 0 Å². The van der Waals surface area contributed by atoms with Crippen molar-refractivity contribution >= 4 is 11.8 Å². The van der Waals surface area contributed by atoms with Gasteiger partial charge in [0.25, 0.3) is 0 Å². The molecule has 0 radical (unpaired) electrons. The Bertz CT molecular complexity index is 775. The van der Waals surface area contributed by atoms with E-state index >= 15 is 0 Å². The molecule has 1 aliphatic heterocycles. The fourth-order valence-corrected chi connectivity index (χ4v) is 3.88. The van der Waals surface area contributed by atoms with Gasteiger partial charge in [0.2, 0.25) is 5.95 Å². The highest BCUT2D eigenvalue weighted by atomic mass is 15.3. The lowest BCUT2D eigenvalue weighted by atomic mass is 10.2. The van der Waals surface area contributed by atoms with Crippen LogP contribution in [0.1, 0.15) is 47.8 Å². The average Bonchev–Trinajstić information content (AvgIpc) is 3.39. The number of aryl methyl sites for hydroxylation is 2. The molecule has 2 fully saturated rings. The standard InChI is InChI=1S/C19H24N6/c1-13-11-20-19(21-12-13)25-9-7-24(8-10-25)18-15-3-2-4-16(15)22-17(23-18)14-5-6-14/h11-12,14H,2-10H2,1H3. The monoisotopic (exact) mass is 336 g/mol. The van der Waals surface area contributed by atoms with E-state index in [1.807, 2.05) is 19.3 Å². The quantitative estimate of drug-likeness (QED) is 0.857. The molecule has 0 bridgehead atoms. The molecule has 2 aromatic rings. The van der Waals surface area contributed by atoms with E-state index in [9.17, 15) is 0 Å². The van der Waals surface area contributed by atoms with E-state index in [0.717, 1.165) is 56.4 Å². The van der Waals surface area contributed by atoms with Gasteiger partial charge in [-0.3, -0.25) is 0 Å². The van der Waals surface area contributed by atoms with Gasteiger partial charge >= 0.3 is 0 Å². The second-order valence-corrected chi connectivity index (χ2v) is 7.49. The van der Waals surface area contributed by atoms with E-state index in [0.29, 0.717) is 5.92 Å². The summed E-state index contributed by atoms with van der Waals surface area (Å²) in [5, 5.41) is 0. The fraction of sp³-hybridized carbons (Fsp3) is 0.579. The van der Waals surface area contributed by atoms with Crippen LogP contribution in [0.4, 0.5) is 11.8 Å². The summed E-state index contributed by atoms with van der Waals surface area (Å²) in [4.78, 5) is 23.6. The summed E-state index contributed by atoms with van der Waals surface area (Å²) in [5.41, 5.74) is 3.83. The number of rotatable bonds is 3. The Morgan fingerprint density at radius 3 is 2.36 bits per heavy atom. The van der Waals surface area contributed by atoms with E-state index in [1.165, 1.54) is 36.3 Å². The molecule has 1 saturated heterocycles. The summed E-state index contributed by atoms with van der Waals surface area (Å²) >= 11 is 0. The first kappa shape index (κ1) is 15.0. The fourth-order valence-electron chi connectivity index (χ4n) is 3.88. The van der Waals surface area contributed by atoms with Gasteiger partial charge in [0.15, 0.2) is 0 Å². The van der Waals surface area contributed by atoms with Crippen molar-refractivity contribution in [3.63, 3.8) is 0 Å². The van der Waals surface area contributed by atoms with Crippen molar-refractivity contribution in [2.75, 3.05) is 36.0 Å². The van der Waals surface area contributed by atoms with E-state index in [2.05, 4.69) is 19.8 Å². The van der Waals surface area contributed by atoms with Gasteiger partial charge in [-0.2, -0.15) is 0 Å². The van der Waals surface area contributed by atoms with Gasteiger partial charge in [0.05, 0.1) is 0 Å². The summed E-state index contributed by atoms with van der Waals surface area (Å²) in [5.74, 6) is 3.78. The minimum atomic E-state index is 0.617. The smallest absolute Gasteiger partial charge is 0.225 e. The lowest BCUT2D eigenvalue weighted by Crippen LogP contribution is -2.47. The highest BCUT2D eigenvalue weighted by Gasteiger charge is 2.31. The summed E-state index contributed by atoms with van der Waals surface area (Å²) in [7, 11) is 0. The van der Waals surface area contributed by atoms with Crippen molar-refractivity contribution in [1.29, 1.82) is 0 Å². The Morgan fingerprint density at radius 2 is 1.64 bits per heavy atom. The molecule has 0 aromatic carbocycles. The van der Waals surface area contributed by atoms with Gasteiger partial charge in [-0.1, -0.05) is 0 Å². The van der Waals surface area contributed by atoms with Gasteiger partial charge in [0, 0.05) is 55.7 Å². The molecule has 6 heteroatoms. The minimum absolute atomic E-state index is 0.617. The molecule has 3 heterocycles. The first-order chi connectivity index (χ1) is 12.3. The molecule has 0 amide bonds. The Labute approximate surface area is 148 Å². The molecule has 0 unspecified atom stereocenters. The van der Waals surface area contributed by atoms with Crippen molar-refractivity contribution in [1.82, 2.24) is 19.9 Å². The number of anilines is 2. The Balaban J connectivity index is 1.36. The average molecular weight is 336 g/mol. The van der Waals surface area contributed by atoms with Gasteiger partial charge in [0.1, 0.15) is 11.6 Å². The highest BCUT2D eigenvalue weighted by Crippen LogP contribution is 2.40. The number of hydrogen-bond acceptors (Lipinski definition) is 6. The topological polar surface area (TPSA) is 58.0 Å². The summed E-state index contributed by atoms with van der Waals surface area (Å²) < 4.78 is 0. The third kappa shape index (κ3) is 2.83. The van der Waals surface area contributed by atoms with Crippen molar-refractivity contribution in [2.24, 2.45) is 0 Å². The summed E-state index contributed by atoms with van der Waals surface area (Å²) in [6, 6.07) is 0. The van der Waals surface area contributed by atoms with E-state index in [-0.39, 0.29) is 0 Å². The van der Waals surface area contributed by atoms with Gasteiger partial charge in [-0.15, -0.1) is 0 Å².